The molecule has 0 aliphatic rings. The number of nitrogen functional groups attached to an aromatic ring is 1. The number of hydrogen-bond acceptors (Lipinski definition) is 3. The van der Waals surface area contributed by atoms with Gasteiger partial charge in [0.2, 0.25) is 5.82 Å². The number of rotatable bonds is 4. The Labute approximate surface area is 120 Å². The molecule has 3 N–H and O–H groups in total. The molecular weight excluding hydrogens is 283 g/mol. The molecule has 0 saturated heterocycles. The molecule has 0 radical (unpaired) electrons. The molecule has 21 heavy (non-hydrogen) atoms. The van der Waals surface area contributed by atoms with Gasteiger partial charge in [0.05, 0.1) is 11.0 Å². The average Bonchev–Trinajstić information content (AvgIpc) is 2.66. The zero-order valence-electron chi connectivity index (χ0n) is 11.9. The first-order valence-electron chi connectivity index (χ1n) is 6.58. The molecule has 0 unspecified atom stereocenters. The van der Waals surface area contributed by atoms with E-state index in [9.17, 15) is 13.2 Å². The summed E-state index contributed by atoms with van der Waals surface area (Å²) in [5, 5.41) is 9.05. The highest BCUT2D eigenvalue weighted by Gasteiger charge is 2.38. The highest BCUT2D eigenvalue weighted by molar-refractivity contribution is 5.79. The number of aromatic nitrogens is 2. The van der Waals surface area contributed by atoms with Crippen LogP contribution in [0.3, 0.4) is 0 Å². The van der Waals surface area contributed by atoms with Gasteiger partial charge < -0.3 is 15.4 Å². The molecule has 2 rings (SSSR count). The number of hydrogen-bond donors (Lipinski definition) is 2. The fourth-order valence-electron chi connectivity index (χ4n) is 2.33. The Balaban J connectivity index is 2.58. The summed E-state index contributed by atoms with van der Waals surface area (Å²) in [6, 6.07) is 4.53. The van der Waals surface area contributed by atoms with Crippen LogP contribution in [0.2, 0.25) is 0 Å². The van der Waals surface area contributed by atoms with E-state index >= 15 is 0 Å². The number of alkyl halides is 3. The van der Waals surface area contributed by atoms with Gasteiger partial charge in [-0.1, -0.05) is 13.8 Å². The number of anilines is 1. The topological polar surface area (TPSA) is 64.1 Å². The second-order valence-corrected chi connectivity index (χ2v) is 5.91. The lowest BCUT2D eigenvalue weighted by Gasteiger charge is -2.26. The lowest BCUT2D eigenvalue weighted by atomic mass is 9.89. The van der Waals surface area contributed by atoms with Gasteiger partial charge >= 0.3 is 6.18 Å². The molecule has 0 amide bonds. The van der Waals surface area contributed by atoms with Crippen LogP contribution in [-0.2, 0) is 12.7 Å². The van der Waals surface area contributed by atoms with Gasteiger partial charge in [-0.3, -0.25) is 0 Å². The van der Waals surface area contributed by atoms with Gasteiger partial charge in [-0.05, 0) is 30.0 Å². The summed E-state index contributed by atoms with van der Waals surface area (Å²) in [7, 11) is 0. The van der Waals surface area contributed by atoms with Crippen LogP contribution in [0, 0.1) is 5.41 Å². The lowest BCUT2D eigenvalue weighted by molar-refractivity contribution is -0.147. The number of nitrogens with two attached hydrogens (primary N) is 1. The summed E-state index contributed by atoms with van der Waals surface area (Å²) in [5.41, 5.74) is 6.11. The highest BCUT2D eigenvalue weighted by atomic mass is 19.4. The van der Waals surface area contributed by atoms with Crippen molar-refractivity contribution in [2.24, 2.45) is 5.41 Å². The quantitative estimate of drug-likeness (QED) is 0.853. The first kappa shape index (κ1) is 15.6. The van der Waals surface area contributed by atoms with Crippen LogP contribution in [0.4, 0.5) is 18.9 Å². The van der Waals surface area contributed by atoms with Crippen molar-refractivity contribution in [3.63, 3.8) is 0 Å². The van der Waals surface area contributed by atoms with Crippen molar-refractivity contribution in [3.8, 4) is 0 Å². The van der Waals surface area contributed by atoms with Crippen LogP contribution in [0.1, 0.15) is 26.1 Å². The summed E-state index contributed by atoms with van der Waals surface area (Å²) >= 11 is 0. The predicted octanol–water partition coefficient (Wildman–Crippen LogP) is 3.05. The van der Waals surface area contributed by atoms with Crippen molar-refractivity contribution in [2.45, 2.75) is 33.0 Å². The minimum Gasteiger partial charge on any atom is -0.399 e. The van der Waals surface area contributed by atoms with Crippen molar-refractivity contribution >= 4 is 16.7 Å². The Hall–Kier alpha value is -1.76. The molecule has 2 aromatic rings. The molecule has 1 aromatic carbocycles. The van der Waals surface area contributed by atoms with Crippen molar-refractivity contribution in [1.29, 1.82) is 0 Å². The smallest absolute Gasteiger partial charge is 0.399 e. The zero-order valence-corrected chi connectivity index (χ0v) is 11.9. The summed E-state index contributed by atoms with van der Waals surface area (Å²) < 4.78 is 40.7. The SMILES string of the molecule is CC(C)(CCO)Cn1c(C(F)(F)F)nc2cc(N)ccc21. The molecule has 0 aliphatic carbocycles. The molecule has 0 bridgehead atoms. The van der Waals surface area contributed by atoms with E-state index in [2.05, 4.69) is 4.98 Å². The fraction of sp³-hybridized carbons (Fsp3) is 0.500. The zero-order chi connectivity index (χ0) is 15.8. The number of fused-ring (bicyclic) bond motifs is 1. The third-order valence-electron chi connectivity index (χ3n) is 3.40. The Kier molecular flexibility index (Phi) is 3.88. The second kappa shape index (κ2) is 5.22. The molecular formula is C14H18F3N3O. The van der Waals surface area contributed by atoms with Gasteiger partial charge in [0, 0.05) is 18.8 Å². The number of imidazole rings is 1. The molecule has 0 aliphatic heterocycles. The largest absolute Gasteiger partial charge is 0.449 e. The van der Waals surface area contributed by atoms with Crippen LogP contribution in [0.5, 0.6) is 0 Å². The monoisotopic (exact) mass is 301 g/mol. The van der Waals surface area contributed by atoms with Crippen LogP contribution < -0.4 is 5.73 Å². The van der Waals surface area contributed by atoms with Gasteiger partial charge in [0.1, 0.15) is 0 Å². The van der Waals surface area contributed by atoms with Gasteiger partial charge in [-0.2, -0.15) is 13.2 Å². The number of aliphatic hydroxyl groups is 1. The molecule has 0 fully saturated rings. The maximum absolute atomic E-state index is 13.2. The number of aliphatic hydroxyl groups excluding tert-OH is 1. The third-order valence-corrected chi connectivity index (χ3v) is 3.40. The predicted molar refractivity (Wildman–Crippen MR) is 74.6 cm³/mol. The average molecular weight is 301 g/mol. The molecule has 4 nitrogen and oxygen atoms in total. The molecule has 0 saturated carbocycles. The maximum Gasteiger partial charge on any atom is 0.449 e. The summed E-state index contributed by atoms with van der Waals surface area (Å²) in [5.74, 6) is -0.936. The molecule has 0 atom stereocenters. The van der Waals surface area contributed by atoms with Crippen LogP contribution in [0.25, 0.3) is 11.0 Å². The molecule has 7 heteroatoms. The summed E-state index contributed by atoms with van der Waals surface area (Å²) in [4.78, 5) is 3.68. The highest BCUT2D eigenvalue weighted by Crippen LogP contribution is 2.34. The lowest BCUT2D eigenvalue weighted by Crippen LogP contribution is -2.25. The van der Waals surface area contributed by atoms with E-state index in [0.29, 0.717) is 17.6 Å². The Morgan fingerprint density at radius 3 is 2.52 bits per heavy atom. The second-order valence-electron chi connectivity index (χ2n) is 5.91. The fourth-order valence-corrected chi connectivity index (χ4v) is 2.33. The molecule has 0 spiro atoms. The van der Waals surface area contributed by atoms with E-state index in [1.54, 1.807) is 12.1 Å². The normalized spacial score (nSPS) is 13.0. The molecule has 1 aromatic heterocycles. The van der Waals surface area contributed by atoms with Crippen molar-refractivity contribution < 1.29 is 18.3 Å². The van der Waals surface area contributed by atoms with E-state index in [4.69, 9.17) is 10.8 Å². The van der Waals surface area contributed by atoms with E-state index < -0.39 is 17.4 Å². The van der Waals surface area contributed by atoms with Crippen molar-refractivity contribution in [3.05, 3.63) is 24.0 Å². The number of halogens is 3. The Morgan fingerprint density at radius 1 is 1.29 bits per heavy atom. The molecule has 116 valence electrons. The maximum atomic E-state index is 13.2. The van der Waals surface area contributed by atoms with E-state index in [1.165, 1.54) is 6.07 Å². The van der Waals surface area contributed by atoms with Crippen LogP contribution in [-0.4, -0.2) is 21.3 Å². The first-order valence-corrected chi connectivity index (χ1v) is 6.58. The Morgan fingerprint density at radius 2 is 1.95 bits per heavy atom. The van der Waals surface area contributed by atoms with Crippen LogP contribution >= 0.6 is 0 Å². The van der Waals surface area contributed by atoms with E-state index in [1.807, 2.05) is 13.8 Å². The van der Waals surface area contributed by atoms with Crippen molar-refractivity contribution in [1.82, 2.24) is 9.55 Å². The standard InChI is InChI=1S/C14H18F3N3O/c1-13(2,5-6-21)8-20-11-4-3-9(18)7-10(11)19-12(20)14(15,16)17/h3-4,7,21H,5-6,8,18H2,1-2H3. The van der Waals surface area contributed by atoms with E-state index in [-0.39, 0.29) is 18.7 Å². The number of benzene rings is 1. The minimum absolute atomic E-state index is 0.0755. The summed E-state index contributed by atoms with van der Waals surface area (Å²) in [6.07, 6.45) is -4.14. The minimum atomic E-state index is -4.54. The van der Waals surface area contributed by atoms with Crippen LogP contribution in [0.15, 0.2) is 18.2 Å². The van der Waals surface area contributed by atoms with Crippen molar-refractivity contribution in [2.75, 3.05) is 12.3 Å². The van der Waals surface area contributed by atoms with E-state index in [0.717, 1.165) is 4.57 Å². The molecule has 1 heterocycles. The third kappa shape index (κ3) is 3.29. The summed E-state index contributed by atoms with van der Waals surface area (Å²) in [6.45, 7) is 3.66. The van der Waals surface area contributed by atoms with Gasteiger partial charge in [0.15, 0.2) is 0 Å². The van der Waals surface area contributed by atoms with Gasteiger partial charge in [-0.25, -0.2) is 4.98 Å². The van der Waals surface area contributed by atoms with Gasteiger partial charge in [-0.15, -0.1) is 0 Å². The number of nitrogens with zero attached hydrogens (tertiary/aromatic N) is 2. The Bertz CT molecular complexity index is 647. The van der Waals surface area contributed by atoms with Gasteiger partial charge in [0.25, 0.3) is 0 Å². The first-order chi connectivity index (χ1) is 9.64.